The molecule has 0 amide bonds. The predicted molar refractivity (Wildman–Crippen MR) is 238 cm³/mol. The summed E-state index contributed by atoms with van der Waals surface area (Å²) in [7, 11) is 0. The van der Waals surface area contributed by atoms with E-state index < -0.39 is 6.10 Å². The Morgan fingerprint density at radius 3 is 1.20 bits per heavy atom. The van der Waals surface area contributed by atoms with Gasteiger partial charge in [0.05, 0.1) is 0 Å². The lowest BCUT2D eigenvalue weighted by molar-refractivity contribution is -0.167. The lowest BCUT2D eigenvalue weighted by Crippen LogP contribution is -2.30. The number of esters is 3. The number of rotatable bonds is 42. The standard InChI is InChI=1S/C50H88O6/c1-4-7-10-13-16-19-22-24-25-26-27-29-31-34-37-40-43-49(52)55-46-47(45-54-48(51)42-39-36-33-30-21-18-15-12-9-6-3)56-50(53)44-41-38-35-32-28-23-20-17-14-11-8-5-2/h8,11,17,20,25-27,29,47H,4-7,9-10,12-16,18-19,21-24,28,30-46H2,1-3H3/b11-8-,20-17-,26-25-,29-27-. The third-order valence-electron chi connectivity index (χ3n) is 10.1. The van der Waals surface area contributed by atoms with Crippen LogP contribution in [0.3, 0.4) is 0 Å². The van der Waals surface area contributed by atoms with Gasteiger partial charge in [0, 0.05) is 19.3 Å². The van der Waals surface area contributed by atoms with E-state index >= 15 is 0 Å². The van der Waals surface area contributed by atoms with Crippen LogP contribution >= 0.6 is 0 Å². The summed E-state index contributed by atoms with van der Waals surface area (Å²) in [5.41, 5.74) is 0. The number of hydrogen-bond acceptors (Lipinski definition) is 6. The maximum absolute atomic E-state index is 12.7. The molecule has 0 saturated carbocycles. The molecular weight excluding hydrogens is 697 g/mol. The lowest BCUT2D eigenvalue weighted by atomic mass is 10.1. The molecule has 56 heavy (non-hydrogen) atoms. The molecule has 6 heteroatoms. The van der Waals surface area contributed by atoms with E-state index in [1.54, 1.807) is 0 Å². The summed E-state index contributed by atoms with van der Waals surface area (Å²) in [6.07, 6.45) is 52.4. The number of hydrogen-bond donors (Lipinski definition) is 0. The van der Waals surface area contributed by atoms with Crippen molar-refractivity contribution in [2.45, 2.75) is 239 Å². The highest BCUT2D eigenvalue weighted by Crippen LogP contribution is 2.14. The monoisotopic (exact) mass is 785 g/mol. The molecule has 0 spiro atoms. The smallest absolute Gasteiger partial charge is 0.306 e. The lowest BCUT2D eigenvalue weighted by Gasteiger charge is -2.18. The third-order valence-corrected chi connectivity index (χ3v) is 10.1. The van der Waals surface area contributed by atoms with E-state index in [0.717, 1.165) is 103 Å². The minimum Gasteiger partial charge on any atom is -0.462 e. The summed E-state index contributed by atoms with van der Waals surface area (Å²) in [5, 5.41) is 0. The van der Waals surface area contributed by atoms with Crippen LogP contribution in [0.5, 0.6) is 0 Å². The topological polar surface area (TPSA) is 78.9 Å². The summed E-state index contributed by atoms with van der Waals surface area (Å²) < 4.78 is 16.7. The van der Waals surface area contributed by atoms with Gasteiger partial charge in [-0.1, -0.05) is 191 Å². The molecule has 1 atom stereocenters. The van der Waals surface area contributed by atoms with Gasteiger partial charge in [0.15, 0.2) is 6.10 Å². The molecule has 0 heterocycles. The number of carbonyl (C=O) groups excluding carboxylic acids is 3. The fourth-order valence-electron chi connectivity index (χ4n) is 6.53. The molecule has 0 N–H and O–H groups in total. The Kier molecular flexibility index (Phi) is 43.0. The van der Waals surface area contributed by atoms with Crippen LogP contribution in [0.4, 0.5) is 0 Å². The largest absolute Gasteiger partial charge is 0.462 e. The second-order valence-electron chi connectivity index (χ2n) is 15.7. The van der Waals surface area contributed by atoms with E-state index in [9.17, 15) is 14.4 Å². The van der Waals surface area contributed by atoms with Crippen molar-refractivity contribution in [3.63, 3.8) is 0 Å². The molecule has 0 bridgehead atoms. The van der Waals surface area contributed by atoms with Crippen molar-refractivity contribution < 1.29 is 28.6 Å². The Labute approximate surface area is 346 Å². The van der Waals surface area contributed by atoms with Crippen molar-refractivity contribution in [2.75, 3.05) is 13.2 Å². The average molecular weight is 785 g/mol. The van der Waals surface area contributed by atoms with Crippen LogP contribution in [0.1, 0.15) is 233 Å². The highest BCUT2D eigenvalue weighted by Gasteiger charge is 2.19. The van der Waals surface area contributed by atoms with E-state index in [0.29, 0.717) is 19.3 Å². The maximum Gasteiger partial charge on any atom is 0.306 e. The molecule has 0 saturated heterocycles. The molecule has 0 aliphatic heterocycles. The molecule has 0 aromatic heterocycles. The minimum absolute atomic E-state index is 0.0861. The summed E-state index contributed by atoms with van der Waals surface area (Å²) in [5.74, 6) is -0.929. The molecular formula is C50H88O6. The Morgan fingerprint density at radius 1 is 0.393 bits per heavy atom. The van der Waals surface area contributed by atoms with Crippen LogP contribution in [-0.2, 0) is 28.6 Å². The zero-order valence-corrected chi connectivity index (χ0v) is 36.9. The first kappa shape index (κ1) is 53.4. The Balaban J connectivity index is 4.41. The molecule has 0 radical (unpaired) electrons. The molecule has 0 aliphatic carbocycles. The van der Waals surface area contributed by atoms with E-state index in [1.165, 1.54) is 89.9 Å². The van der Waals surface area contributed by atoms with Crippen molar-refractivity contribution in [1.82, 2.24) is 0 Å². The van der Waals surface area contributed by atoms with Crippen molar-refractivity contribution in [3.8, 4) is 0 Å². The maximum atomic E-state index is 12.7. The number of allylic oxidation sites excluding steroid dienone is 8. The van der Waals surface area contributed by atoms with Crippen molar-refractivity contribution in [1.29, 1.82) is 0 Å². The second kappa shape index (κ2) is 45.1. The fourth-order valence-corrected chi connectivity index (χ4v) is 6.53. The summed E-state index contributed by atoms with van der Waals surface area (Å²) in [6, 6.07) is 0. The van der Waals surface area contributed by atoms with E-state index in [2.05, 4.69) is 69.4 Å². The van der Waals surface area contributed by atoms with Gasteiger partial charge in [0.25, 0.3) is 0 Å². The zero-order chi connectivity index (χ0) is 40.8. The molecule has 0 aromatic rings. The van der Waals surface area contributed by atoms with Gasteiger partial charge in [-0.3, -0.25) is 14.4 Å². The first-order valence-electron chi connectivity index (χ1n) is 23.7. The van der Waals surface area contributed by atoms with Gasteiger partial charge in [-0.05, 0) is 70.6 Å². The van der Waals surface area contributed by atoms with Crippen LogP contribution in [-0.4, -0.2) is 37.2 Å². The first-order valence-corrected chi connectivity index (χ1v) is 23.7. The van der Waals surface area contributed by atoms with Crippen molar-refractivity contribution in [3.05, 3.63) is 48.6 Å². The zero-order valence-electron chi connectivity index (χ0n) is 36.9. The van der Waals surface area contributed by atoms with Gasteiger partial charge in [-0.2, -0.15) is 0 Å². The highest BCUT2D eigenvalue weighted by molar-refractivity contribution is 5.71. The van der Waals surface area contributed by atoms with Crippen LogP contribution in [0, 0.1) is 0 Å². The number of ether oxygens (including phenoxy) is 3. The quantitative estimate of drug-likeness (QED) is 0.0202. The molecule has 6 nitrogen and oxygen atoms in total. The second-order valence-corrected chi connectivity index (χ2v) is 15.7. The van der Waals surface area contributed by atoms with Gasteiger partial charge >= 0.3 is 17.9 Å². The number of unbranched alkanes of at least 4 members (excludes halogenated alkanes) is 24. The molecule has 0 aliphatic rings. The van der Waals surface area contributed by atoms with Crippen LogP contribution in [0.15, 0.2) is 48.6 Å². The normalized spacial score (nSPS) is 12.4. The van der Waals surface area contributed by atoms with Crippen molar-refractivity contribution in [2.24, 2.45) is 0 Å². The van der Waals surface area contributed by atoms with Crippen LogP contribution in [0.2, 0.25) is 0 Å². The Bertz CT molecular complexity index is 996. The Morgan fingerprint density at radius 2 is 0.750 bits per heavy atom. The molecule has 1 unspecified atom stereocenters. The van der Waals surface area contributed by atoms with E-state index in [1.807, 2.05) is 0 Å². The molecule has 324 valence electrons. The predicted octanol–water partition coefficient (Wildman–Crippen LogP) is 15.1. The first-order chi connectivity index (χ1) is 27.5. The summed E-state index contributed by atoms with van der Waals surface area (Å²) in [6.45, 7) is 6.47. The van der Waals surface area contributed by atoms with E-state index in [4.69, 9.17) is 14.2 Å². The van der Waals surface area contributed by atoms with E-state index in [-0.39, 0.29) is 31.1 Å². The SMILES string of the molecule is CC/C=C\C/C=C\CCCCCCCC(=O)OC(COC(=O)CCCCC/C=C\C=C/CCCCCCCCC)COC(=O)CCCCCCCCCCCC. The van der Waals surface area contributed by atoms with Gasteiger partial charge in [-0.15, -0.1) is 0 Å². The molecule has 0 rings (SSSR count). The highest BCUT2D eigenvalue weighted by atomic mass is 16.6. The average Bonchev–Trinajstić information content (AvgIpc) is 3.19. The molecule has 0 aromatic carbocycles. The minimum atomic E-state index is -0.786. The fraction of sp³-hybridized carbons (Fsp3) is 0.780. The van der Waals surface area contributed by atoms with Crippen molar-refractivity contribution >= 4 is 17.9 Å². The van der Waals surface area contributed by atoms with Gasteiger partial charge in [0.1, 0.15) is 13.2 Å². The van der Waals surface area contributed by atoms with Crippen LogP contribution in [0.25, 0.3) is 0 Å². The third kappa shape index (κ3) is 42.5. The molecule has 0 fully saturated rings. The van der Waals surface area contributed by atoms with Gasteiger partial charge < -0.3 is 14.2 Å². The van der Waals surface area contributed by atoms with Gasteiger partial charge in [-0.25, -0.2) is 0 Å². The van der Waals surface area contributed by atoms with Gasteiger partial charge in [0.2, 0.25) is 0 Å². The Hall–Kier alpha value is -2.63. The summed E-state index contributed by atoms with van der Waals surface area (Å²) >= 11 is 0. The van der Waals surface area contributed by atoms with Crippen LogP contribution < -0.4 is 0 Å². The summed E-state index contributed by atoms with van der Waals surface area (Å²) in [4.78, 5) is 37.7. The number of carbonyl (C=O) groups is 3.